The van der Waals surface area contributed by atoms with Crippen LogP contribution in [0.25, 0.3) is 0 Å². The lowest BCUT2D eigenvalue weighted by atomic mass is 10.1. The molecule has 0 heterocycles. The number of ether oxygens (including phenoxy) is 2. The zero-order valence-electron chi connectivity index (χ0n) is 12.1. The van der Waals surface area contributed by atoms with Crippen molar-refractivity contribution in [1.82, 2.24) is 5.32 Å². The zero-order chi connectivity index (χ0) is 16.0. The van der Waals surface area contributed by atoms with E-state index in [4.69, 9.17) is 14.6 Å². The third kappa shape index (κ3) is 5.39. The Balaban J connectivity index is 2.54. The molecule has 0 aliphatic carbocycles. The molecule has 0 atom stereocenters. The first-order valence-corrected chi connectivity index (χ1v) is 6.21. The van der Waals surface area contributed by atoms with Gasteiger partial charge in [-0.25, -0.2) is 9.18 Å². The topological polar surface area (TPSA) is 84.9 Å². The largest absolute Gasteiger partial charge is 0.494 e. The van der Waals surface area contributed by atoms with Crippen molar-refractivity contribution in [2.45, 2.75) is 19.4 Å². The van der Waals surface area contributed by atoms with Crippen LogP contribution < -0.4 is 10.1 Å². The number of rotatable bonds is 7. The Hall–Kier alpha value is -2.15. The molecule has 0 unspecified atom stereocenters. The van der Waals surface area contributed by atoms with Gasteiger partial charge in [-0.1, -0.05) is 0 Å². The minimum absolute atomic E-state index is 0.0175. The second-order valence-corrected chi connectivity index (χ2v) is 5.08. The molecule has 2 N–H and O–H groups in total. The van der Waals surface area contributed by atoms with Crippen LogP contribution in [0.3, 0.4) is 0 Å². The number of hydrogen-bond acceptors (Lipinski definition) is 4. The standard InChI is InChI=1S/C14H18FNO5/c1-14(2,16-13(18)19)8-21-7-11(17)9-4-5-12(20-3)10(15)6-9/h4-6,16H,7-8H2,1-3H3,(H,18,19). The highest BCUT2D eigenvalue weighted by Crippen LogP contribution is 2.18. The smallest absolute Gasteiger partial charge is 0.405 e. The van der Waals surface area contributed by atoms with Crippen molar-refractivity contribution in [3.05, 3.63) is 29.6 Å². The number of amides is 1. The molecule has 0 saturated heterocycles. The van der Waals surface area contributed by atoms with Crippen LogP contribution in [-0.2, 0) is 4.74 Å². The number of benzene rings is 1. The predicted molar refractivity (Wildman–Crippen MR) is 73.3 cm³/mol. The first-order chi connectivity index (χ1) is 9.75. The summed E-state index contributed by atoms with van der Waals surface area (Å²) in [4.78, 5) is 22.4. The van der Waals surface area contributed by atoms with Crippen LogP contribution in [0.15, 0.2) is 18.2 Å². The first kappa shape index (κ1) is 16.9. The molecule has 1 aromatic carbocycles. The second kappa shape index (κ2) is 7.03. The highest BCUT2D eigenvalue weighted by atomic mass is 19.1. The van der Waals surface area contributed by atoms with Crippen molar-refractivity contribution < 1.29 is 28.6 Å². The number of nitrogens with one attached hydrogen (secondary N) is 1. The van der Waals surface area contributed by atoms with Gasteiger partial charge in [0.25, 0.3) is 0 Å². The summed E-state index contributed by atoms with van der Waals surface area (Å²) in [7, 11) is 1.33. The molecular weight excluding hydrogens is 281 g/mol. The maximum atomic E-state index is 13.5. The molecule has 0 radical (unpaired) electrons. The molecule has 7 heteroatoms. The van der Waals surface area contributed by atoms with E-state index in [1.54, 1.807) is 13.8 Å². The van der Waals surface area contributed by atoms with Crippen LogP contribution in [0.2, 0.25) is 0 Å². The number of halogens is 1. The third-order valence-electron chi connectivity index (χ3n) is 2.62. The van der Waals surface area contributed by atoms with E-state index in [1.807, 2.05) is 0 Å². The van der Waals surface area contributed by atoms with E-state index in [2.05, 4.69) is 5.32 Å². The number of ketones is 1. The Labute approximate surface area is 121 Å². The number of Topliss-reactive ketones (excluding diaryl/α,β-unsaturated/α-hetero) is 1. The maximum absolute atomic E-state index is 13.5. The number of methoxy groups -OCH3 is 1. The van der Waals surface area contributed by atoms with Crippen LogP contribution in [0, 0.1) is 5.82 Å². The summed E-state index contributed by atoms with van der Waals surface area (Å²) in [6.07, 6.45) is -1.17. The van der Waals surface area contributed by atoms with Crippen molar-refractivity contribution in [2.24, 2.45) is 0 Å². The predicted octanol–water partition coefficient (Wildman–Crippen LogP) is 2.08. The number of carbonyl (C=O) groups excluding carboxylic acids is 1. The lowest BCUT2D eigenvalue weighted by Gasteiger charge is -2.23. The Morgan fingerprint density at radius 2 is 2.05 bits per heavy atom. The van der Waals surface area contributed by atoms with Gasteiger partial charge in [-0.3, -0.25) is 4.79 Å². The molecule has 0 bridgehead atoms. The van der Waals surface area contributed by atoms with Crippen molar-refractivity contribution >= 4 is 11.9 Å². The van der Waals surface area contributed by atoms with Crippen LogP contribution in [-0.4, -0.2) is 42.8 Å². The van der Waals surface area contributed by atoms with Gasteiger partial charge in [-0.15, -0.1) is 0 Å². The SMILES string of the molecule is COc1ccc(C(=O)COCC(C)(C)NC(=O)O)cc1F. The van der Waals surface area contributed by atoms with Gasteiger partial charge in [0, 0.05) is 5.56 Å². The maximum Gasteiger partial charge on any atom is 0.405 e. The average molecular weight is 299 g/mol. The summed E-state index contributed by atoms with van der Waals surface area (Å²) in [6.45, 7) is 3.00. The van der Waals surface area contributed by atoms with E-state index in [-0.39, 0.29) is 24.5 Å². The third-order valence-corrected chi connectivity index (χ3v) is 2.62. The van der Waals surface area contributed by atoms with E-state index in [0.717, 1.165) is 6.07 Å². The Bertz CT molecular complexity index is 530. The molecule has 116 valence electrons. The highest BCUT2D eigenvalue weighted by molar-refractivity contribution is 5.97. The molecule has 6 nitrogen and oxygen atoms in total. The van der Waals surface area contributed by atoms with Crippen LogP contribution in [0.4, 0.5) is 9.18 Å². The molecule has 1 rings (SSSR count). The van der Waals surface area contributed by atoms with E-state index in [0.29, 0.717) is 0 Å². The molecule has 0 aliphatic rings. The molecule has 0 saturated carbocycles. The van der Waals surface area contributed by atoms with Crippen molar-refractivity contribution in [1.29, 1.82) is 0 Å². The van der Waals surface area contributed by atoms with E-state index in [1.165, 1.54) is 19.2 Å². The quantitative estimate of drug-likeness (QED) is 0.753. The van der Waals surface area contributed by atoms with Crippen LogP contribution in [0.5, 0.6) is 5.75 Å². The summed E-state index contributed by atoms with van der Waals surface area (Å²) in [5, 5.41) is 10.9. The number of hydrogen-bond donors (Lipinski definition) is 2. The highest BCUT2D eigenvalue weighted by Gasteiger charge is 2.21. The molecule has 1 aromatic rings. The van der Waals surface area contributed by atoms with Gasteiger partial charge in [-0.05, 0) is 32.0 Å². The summed E-state index contributed by atoms with van der Waals surface area (Å²) in [6, 6.07) is 3.87. The van der Waals surface area contributed by atoms with E-state index < -0.39 is 23.2 Å². The van der Waals surface area contributed by atoms with Crippen LogP contribution in [0.1, 0.15) is 24.2 Å². The molecule has 0 spiro atoms. The van der Waals surface area contributed by atoms with Crippen molar-refractivity contribution in [2.75, 3.05) is 20.3 Å². The Morgan fingerprint density at radius 1 is 1.38 bits per heavy atom. The Morgan fingerprint density at radius 3 is 2.57 bits per heavy atom. The van der Waals surface area contributed by atoms with Gasteiger partial charge in [0.15, 0.2) is 17.3 Å². The second-order valence-electron chi connectivity index (χ2n) is 5.08. The minimum Gasteiger partial charge on any atom is -0.494 e. The molecule has 0 fully saturated rings. The minimum atomic E-state index is -1.17. The fraction of sp³-hybridized carbons (Fsp3) is 0.429. The van der Waals surface area contributed by atoms with E-state index >= 15 is 0 Å². The van der Waals surface area contributed by atoms with Crippen molar-refractivity contribution in [3.63, 3.8) is 0 Å². The zero-order valence-corrected chi connectivity index (χ0v) is 12.1. The molecule has 21 heavy (non-hydrogen) atoms. The van der Waals surface area contributed by atoms with E-state index in [9.17, 15) is 14.0 Å². The monoisotopic (exact) mass is 299 g/mol. The average Bonchev–Trinajstić information content (AvgIpc) is 2.36. The fourth-order valence-electron chi connectivity index (χ4n) is 1.65. The van der Waals surface area contributed by atoms with Gasteiger partial charge >= 0.3 is 6.09 Å². The molecule has 1 amide bonds. The van der Waals surface area contributed by atoms with Gasteiger partial charge in [0.2, 0.25) is 0 Å². The van der Waals surface area contributed by atoms with Gasteiger partial charge < -0.3 is 19.9 Å². The van der Waals surface area contributed by atoms with Crippen LogP contribution >= 0.6 is 0 Å². The number of carboxylic acid groups (broad SMARTS) is 1. The van der Waals surface area contributed by atoms with Gasteiger partial charge in [0.1, 0.15) is 6.61 Å². The summed E-state index contributed by atoms with van der Waals surface area (Å²) >= 11 is 0. The lowest BCUT2D eigenvalue weighted by molar-refractivity contribution is 0.0617. The fourth-order valence-corrected chi connectivity index (χ4v) is 1.65. The number of carbonyl (C=O) groups is 2. The van der Waals surface area contributed by atoms with Gasteiger partial charge in [-0.2, -0.15) is 0 Å². The summed E-state index contributed by atoms with van der Waals surface area (Å²) in [5.74, 6) is -0.974. The normalized spacial score (nSPS) is 11.0. The lowest BCUT2D eigenvalue weighted by Crippen LogP contribution is -2.46. The van der Waals surface area contributed by atoms with Gasteiger partial charge in [0.05, 0.1) is 19.3 Å². The summed E-state index contributed by atoms with van der Waals surface area (Å²) in [5.41, 5.74) is -0.658. The molecule has 0 aliphatic heterocycles. The summed E-state index contributed by atoms with van der Waals surface area (Å²) < 4.78 is 23.4. The molecular formula is C14H18FNO5. The first-order valence-electron chi connectivity index (χ1n) is 6.21. The van der Waals surface area contributed by atoms with Crippen molar-refractivity contribution in [3.8, 4) is 5.75 Å². The molecule has 0 aromatic heterocycles. The Kier molecular flexibility index (Phi) is 5.66.